The van der Waals surface area contributed by atoms with Crippen molar-refractivity contribution in [2.75, 3.05) is 0 Å². The molecule has 0 N–H and O–H groups in total. The summed E-state index contributed by atoms with van der Waals surface area (Å²) in [4.78, 5) is 16.3. The van der Waals surface area contributed by atoms with Crippen LogP contribution in [-0.4, -0.2) is 29.5 Å². The molecule has 0 aliphatic heterocycles. The van der Waals surface area contributed by atoms with Crippen LogP contribution in [0.2, 0.25) is 0 Å². The van der Waals surface area contributed by atoms with Crippen LogP contribution in [-0.2, 0) is 0 Å². The smallest absolute Gasteiger partial charge is 0.186 e. The van der Waals surface area contributed by atoms with Crippen molar-refractivity contribution in [2.24, 2.45) is 0 Å². The minimum Gasteiger partial charge on any atom is -0.247 e. The van der Waals surface area contributed by atoms with Crippen LogP contribution >= 0.6 is 0 Å². The topological polar surface area (TPSA) is 68.9 Å². The zero-order valence-electron chi connectivity index (χ0n) is 6.49. The van der Waals surface area contributed by atoms with Crippen LogP contribution in [0.15, 0.2) is 25.0 Å². The maximum absolute atomic E-state index is 4.13. The van der Waals surface area contributed by atoms with Gasteiger partial charge in [-0.2, -0.15) is 5.10 Å². The predicted octanol–water partition coefficient (Wildman–Crippen LogP) is 0.0675. The molecule has 0 spiro atoms. The lowest BCUT2D eigenvalue weighted by Crippen LogP contribution is -1.94. The molecule has 0 aliphatic carbocycles. The third-order valence-corrected chi connectivity index (χ3v) is 1.75. The van der Waals surface area contributed by atoms with Crippen LogP contribution in [0.1, 0.15) is 0 Å². The SMILES string of the molecule is c1cnc2c(n1)ncn1ncnc21. The normalized spacial score (nSPS) is 11.1. The van der Waals surface area contributed by atoms with Gasteiger partial charge in [-0.05, 0) is 0 Å². The third-order valence-electron chi connectivity index (χ3n) is 1.75. The van der Waals surface area contributed by atoms with E-state index in [-0.39, 0.29) is 0 Å². The summed E-state index contributed by atoms with van der Waals surface area (Å²) in [6.45, 7) is 0. The van der Waals surface area contributed by atoms with Crippen LogP contribution in [0, 0.1) is 0 Å². The van der Waals surface area contributed by atoms with Gasteiger partial charge in [0, 0.05) is 12.4 Å². The Hall–Kier alpha value is -2.11. The molecular formula is C7H4N6. The Morgan fingerprint density at radius 2 is 1.92 bits per heavy atom. The van der Waals surface area contributed by atoms with E-state index in [0.29, 0.717) is 16.8 Å². The van der Waals surface area contributed by atoms with Crippen molar-refractivity contribution >= 4 is 16.8 Å². The maximum atomic E-state index is 4.13. The molecule has 0 saturated heterocycles. The summed E-state index contributed by atoms with van der Waals surface area (Å²) in [6.07, 6.45) is 6.24. The van der Waals surface area contributed by atoms with Gasteiger partial charge >= 0.3 is 0 Å². The fourth-order valence-corrected chi connectivity index (χ4v) is 1.20. The molecule has 0 aromatic carbocycles. The van der Waals surface area contributed by atoms with Gasteiger partial charge in [0.05, 0.1) is 0 Å². The molecule has 6 heteroatoms. The highest BCUT2D eigenvalue weighted by molar-refractivity contribution is 5.83. The summed E-state index contributed by atoms with van der Waals surface area (Å²) in [5, 5.41) is 3.94. The molecule has 0 saturated carbocycles. The second-order valence-electron chi connectivity index (χ2n) is 2.50. The average Bonchev–Trinajstić information content (AvgIpc) is 2.65. The predicted molar refractivity (Wildman–Crippen MR) is 43.9 cm³/mol. The molecule has 3 aromatic heterocycles. The van der Waals surface area contributed by atoms with E-state index in [1.54, 1.807) is 23.2 Å². The van der Waals surface area contributed by atoms with Crippen molar-refractivity contribution in [1.82, 2.24) is 29.5 Å². The van der Waals surface area contributed by atoms with Crippen molar-refractivity contribution in [2.45, 2.75) is 0 Å². The van der Waals surface area contributed by atoms with Crippen molar-refractivity contribution in [3.8, 4) is 0 Å². The standard InChI is InChI=1S/C7H4N6/c1-2-9-6-5(8-1)7-10-3-12-13(7)4-11-6/h1-4H. The van der Waals surface area contributed by atoms with Crippen molar-refractivity contribution in [3.05, 3.63) is 25.0 Å². The highest BCUT2D eigenvalue weighted by atomic mass is 15.3. The van der Waals surface area contributed by atoms with Gasteiger partial charge in [0.2, 0.25) is 0 Å². The minimum absolute atomic E-state index is 0.586. The van der Waals surface area contributed by atoms with E-state index in [1.807, 2.05) is 0 Å². The molecule has 0 aliphatic rings. The number of aromatic nitrogens is 6. The van der Waals surface area contributed by atoms with Crippen LogP contribution < -0.4 is 0 Å². The summed E-state index contributed by atoms with van der Waals surface area (Å²) in [5.41, 5.74) is 1.93. The Balaban J connectivity index is 2.65. The highest BCUT2D eigenvalue weighted by Crippen LogP contribution is 2.08. The maximum Gasteiger partial charge on any atom is 0.186 e. The number of rotatable bonds is 0. The van der Waals surface area contributed by atoms with Crippen LogP contribution in [0.25, 0.3) is 16.8 Å². The van der Waals surface area contributed by atoms with Gasteiger partial charge in [0.1, 0.15) is 12.7 Å². The van der Waals surface area contributed by atoms with Gasteiger partial charge in [-0.15, -0.1) is 0 Å². The highest BCUT2D eigenvalue weighted by Gasteiger charge is 2.03. The van der Waals surface area contributed by atoms with E-state index in [1.165, 1.54) is 6.33 Å². The largest absolute Gasteiger partial charge is 0.247 e. The molecule has 3 aromatic rings. The fourth-order valence-electron chi connectivity index (χ4n) is 1.20. The monoisotopic (exact) mass is 172 g/mol. The quantitative estimate of drug-likeness (QED) is 0.480. The summed E-state index contributed by atoms with van der Waals surface area (Å²) in [6, 6.07) is 0. The molecule has 0 radical (unpaired) electrons. The van der Waals surface area contributed by atoms with Gasteiger partial charge in [-0.25, -0.2) is 24.5 Å². The zero-order chi connectivity index (χ0) is 8.67. The van der Waals surface area contributed by atoms with Crippen molar-refractivity contribution in [3.63, 3.8) is 0 Å². The van der Waals surface area contributed by atoms with E-state index in [0.717, 1.165) is 0 Å². The first-order valence-electron chi connectivity index (χ1n) is 3.70. The minimum atomic E-state index is 0.586. The summed E-state index contributed by atoms with van der Waals surface area (Å²) >= 11 is 0. The molecule has 3 rings (SSSR count). The zero-order valence-corrected chi connectivity index (χ0v) is 6.49. The van der Waals surface area contributed by atoms with Gasteiger partial charge in [-0.1, -0.05) is 0 Å². The van der Waals surface area contributed by atoms with Crippen molar-refractivity contribution in [1.29, 1.82) is 0 Å². The molecule has 3 heterocycles. The van der Waals surface area contributed by atoms with E-state index < -0.39 is 0 Å². The van der Waals surface area contributed by atoms with Crippen LogP contribution in [0.3, 0.4) is 0 Å². The Labute approximate surface area is 72.3 Å². The Morgan fingerprint density at radius 1 is 1.00 bits per heavy atom. The van der Waals surface area contributed by atoms with Crippen LogP contribution in [0.5, 0.6) is 0 Å². The first kappa shape index (κ1) is 6.41. The molecule has 6 nitrogen and oxygen atoms in total. The molecule has 0 bridgehead atoms. The lowest BCUT2D eigenvalue weighted by atomic mass is 10.5. The van der Waals surface area contributed by atoms with E-state index in [4.69, 9.17) is 0 Å². The lowest BCUT2D eigenvalue weighted by Gasteiger charge is -1.94. The first-order valence-corrected chi connectivity index (χ1v) is 3.70. The summed E-state index contributed by atoms with van der Waals surface area (Å²) < 4.78 is 1.57. The van der Waals surface area contributed by atoms with Gasteiger partial charge in [0.25, 0.3) is 0 Å². The molecule has 0 fully saturated rings. The lowest BCUT2D eigenvalue weighted by molar-refractivity contribution is 0.927. The Morgan fingerprint density at radius 3 is 2.92 bits per heavy atom. The fraction of sp³-hybridized carbons (Fsp3) is 0. The second-order valence-corrected chi connectivity index (χ2v) is 2.50. The van der Waals surface area contributed by atoms with Gasteiger partial charge in [-0.3, -0.25) is 0 Å². The third kappa shape index (κ3) is 0.792. The Bertz CT molecular complexity index is 571. The van der Waals surface area contributed by atoms with E-state index >= 15 is 0 Å². The number of hydrogen-bond donors (Lipinski definition) is 0. The molecular weight excluding hydrogens is 168 g/mol. The van der Waals surface area contributed by atoms with E-state index in [2.05, 4.69) is 25.0 Å². The number of nitrogens with zero attached hydrogens (tertiary/aromatic N) is 6. The summed E-state index contributed by atoms with van der Waals surface area (Å²) in [5.74, 6) is 0. The molecule has 0 atom stereocenters. The first-order chi connectivity index (χ1) is 6.45. The molecule has 0 amide bonds. The van der Waals surface area contributed by atoms with Gasteiger partial charge < -0.3 is 0 Å². The van der Waals surface area contributed by atoms with Crippen molar-refractivity contribution < 1.29 is 0 Å². The van der Waals surface area contributed by atoms with Crippen LogP contribution in [0.4, 0.5) is 0 Å². The summed E-state index contributed by atoms with van der Waals surface area (Å²) in [7, 11) is 0. The second kappa shape index (κ2) is 2.19. The number of fused-ring (bicyclic) bond motifs is 3. The van der Waals surface area contributed by atoms with E-state index in [9.17, 15) is 0 Å². The number of hydrogen-bond acceptors (Lipinski definition) is 5. The Kier molecular flexibility index (Phi) is 1.08. The van der Waals surface area contributed by atoms with Gasteiger partial charge in [0.15, 0.2) is 16.8 Å². The average molecular weight is 172 g/mol. The molecule has 0 unspecified atom stereocenters. The molecule has 62 valence electrons. The molecule has 13 heavy (non-hydrogen) atoms.